The Hall–Kier alpha value is -3.06. The zero-order chi connectivity index (χ0) is 20.6. The minimum atomic E-state index is 0.303. The van der Waals surface area contributed by atoms with Gasteiger partial charge in [0.25, 0.3) is 0 Å². The van der Waals surface area contributed by atoms with Gasteiger partial charge in [-0.3, -0.25) is 4.98 Å². The smallest absolute Gasteiger partial charge is 0.186 e. The first-order chi connectivity index (χ1) is 15.3. The summed E-state index contributed by atoms with van der Waals surface area (Å²) >= 11 is 0. The second-order valence-electron chi connectivity index (χ2n) is 8.66. The molecule has 7 heteroatoms. The largest absolute Gasteiger partial charge is 0.490 e. The topological polar surface area (TPSA) is 68.4 Å². The van der Waals surface area contributed by atoms with E-state index in [1.54, 1.807) is 17.0 Å². The molecule has 2 aliphatic rings. The molecule has 0 unspecified atom stereocenters. The quantitative estimate of drug-likeness (QED) is 0.500. The van der Waals surface area contributed by atoms with Gasteiger partial charge in [-0.1, -0.05) is 12.8 Å². The highest BCUT2D eigenvalue weighted by molar-refractivity contribution is 5.98. The van der Waals surface area contributed by atoms with Crippen LogP contribution in [0.25, 0.3) is 27.8 Å². The molecule has 2 fully saturated rings. The van der Waals surface area contributed by atoms with Crippen molar-refractivity contribution in [3.63, 3.8) is 0 Å². The van der Waals surface area contributed by atoms with Crippen LogP contribution in [0.1, 0.15) is 38.5 Å². The van der Waals surface area contributed by atoms with Crippen molar-refractivity contribution in [2.24, 2.45) is 0 Å². The molecule has 0 N–H and O–H groups in total. The van der Waals surface area contributed by atoms with Crippen molar-refractivity contribution in [3.8, 4) is 17.0 Å². The van der Waals surface area contributed by atoms with Crippen LogP contribution >= 0.6 is 0 Å². The van der Waals surface area contributed by atoms with Gasteiger partial charge in [-0.25, -0.2) is 0 Å². The fourth-order valence-corrected chi connectivity index (χ4v) is 5.12. The molecule has 1 aromatic carbocycles. The molecule has 0 spiro atoms. The highest BCUT2D eigenvalue weighted by atomic mass is 16.5. The summed E-state index contributed by atoms with van der Waals surface area (Å²) in [6, 6.07) is 13.0. The molecule has 4 aromatic rings. The van der Waals surface area contributed by atoms with E-state index in [2.05, 4.69) is 32.2 Å². The summed E-state index contributed by atoms with van der Waals surface area (Å²) in [6.07, 6.45) is 11.5. The zero-order valence-corrected chi connectivity index (χ0v) is 17.5. The Morgan fingerprint density at radius 2 is 1.74 bits per heavy atom. The summed E-state index contributed by atoms with van der Waals surface area (Å²) in [5.41, 5.74) is 3.37. The molecule has 0 bridgehead atoms. The van der Waals surface area contributed by atoms with Crippen LogP contribution in [0.3, 0.4) is 0 Å². The lowest BCUT2D eigenvalue weighted by atomic mass is 10.0. The van der Waals surface area contributed by atoms with Crippen LogP contribution in [0.4, 0.5) is 0 Å². The molecule has 1 saturated heterocycles. The molecule has 7 nitrogen and oxygen atoms in total. The zero-order valence-electron chi connectivity index (χ0n) is 17.5. The Balaban J connectivity index is 1.19. The third-order valence-corrected chi connectivity index (χ3v) is 6.76. The van der Waals surface area contributed by atoms with Gasteiger partial charge >= 0.3 is 0 Å². The molecule has 158 valence electrons. The van der Waals surface area contributed by atoms with Gasteiger partial charge in [0.15, 0.2) is 5.65 Å². The molecular weight excluding hydrogens is 388 g/mol. The maximum absolute atomic E-state index is 6.31. The highest BCUT2D eigenvalue weighted by Crippen LogP contribution is 2.30. The predicted octanol–water partition coefficient (Wildman–Crippen LogP) is 4.13. The average molecular weight is 415 g/mol. The van der Waals surface area contributed by atoms with Gasteiger partial charge in [-0.05, 0) is 62.1 Å². The second kappa shape index (κ2) is 7.89. The van der Waals surface area contributed by atoms with Crippen LogP contribution in [-0.4, -0.2) is 54.9 Å². The number of nitrogens with zero attached hydrogens (tertiary/aromatic N) is 6. The number of ether oxygens (including phenoxy) is 1. The van der Waals surface area contributed by atoms with Crippen molar-refractivity contribution in [1.82, 2.24) is 29.7 Å². The Kier molecular flexibility index (Phi) is 4.76. The van der Waals surface area contributed by atoms with Gasteiger partial charge in [-0.15, -0.1) is 10.2 Å². The van der Waals surface area contributed by atoms with Crippen molar-refractivity contribution in [3.05, 3.63) is 48.9 Å². The summed E-state index contributed by atoms with van der Waals surface area (Å²) in [7, 11) is 0. The van der Waals surface area contributed by atoms with E-state index >= 15 is 0 Å². The predicted molar refractivity (Wildman–Crippen MR) is 119 cm³/mol. The SMILES string of the molecule is c1cnc2c(-c3ccc(OC4CCN(C5CCCC5)CC4)cc3)nn3cnnc3c2c1. The van der Waals surface area contributed by atoms with Crippen molar-refractivity contribution in [2.75, 3.05) is 13.1 Å². The molecule has 4 heterocycles. The highest BCUT2D eigenvalue weighted by Gasteiger charge is 2.27. The Labute approximate surface area is 181 Å². The van der Waals surface area contributed by atoms with Crippen LogP contribution in [0.15, 0.2) is 48.9 Å². The summed E-state index contributed by atoms with van der Waals surface area (Å²) < 4.78 is 8.02. The first kappa shape index (κ1) is 18.7. The van der Waals surface area contributed by atoms with E-state index < -0.39 is 0 Å². The molecule has 0 atom stereocenters. The third-order valence-electron chi connectivity index (χ3n) is 6.76. The molecular formula is C24H26N6O. The van der Waals surface area contributed by atoms with E-state index in [1.807, 2.05) is 24.3 Å². The minimum Gasteiger partial charge on any atom is -0.490 e. The monoisotopic (exact) mass is 414 g/mol. The van der Waals surface area contributed by atoms with E-state index in [-0.39, 0.29) is 0 Å². The molecule has 1 saturated carbocycles. The Morgan fingerprint density at radius 3 is 2.55 bits per heavy atom. The van der Waals surface area contributed by atoms with E-state index in [4.69, 9.17) is 9.84 Å². The molecule has 3 aromatic heterocycles. The van der Waals surface area contributed by atoms with Gasteiger partial charge in [0.05, 0.1) is 0 Å². The fraction of sp³-hybridized carbons (Fsp3) is 0.417. The minimum absolute atomic E-state index is 0.303. The van der Waals surface area contributed by atoms with Crippen molar-refractivity contribution >= 4 is 16.6 Å². The fourth-order valence-electron chi connectivity index (χ4n) is 5.12. The van der Waals surface area contributed by atoms with Gasteiger partial charge in [0.2, 0.25) is 0 Å². The first-order valence-corrected chi connectivity index (χ1v) is 11.3. The van der Waals surface area contributed by atoms with Crippen LogP contribution in [0.2, 0.25) is 0 Å². The maximum Gasteiger partial charge on any atom is 0.186 e. The van der Waals surface area contributed by atoms with Crippen LogP contribution < -0.4 is 4.74 Å². The standard InChI is InChI=1S/C24H26N6O/c1-2-5-18(4-1)29-14-11-20(12-15-29)31-19-9-7-17(8-10-19)22-23-21(6-3-13-25-23)24-27-26-16-30(24)28-22/h3,6-10,13,16,18,20H,1-2,4-5,11-12,14-15H2. The lowest BCUT2D eigenvalue weighted by molar-refractivity contribution is 0.0768. The van der Waals surface area contributed by atoms with Crippen LogP contribution in [0, 0.1) is 0 Å². The number of pyridine rings is 1. The van der Waals surface area contributed by atoms with Gasteiger partial charge in [0.1, 0.15) is 29.4 Å². The normalized spacial score (nSPS) is 18.8. The molecule has 1 aliphatic heterocycles. The van der Waals surface area contributed by atoms with E-state index in [1.165, 1.54) is 25.7 Å². The summed E-state index contributed by atoms with van der Waals surface area (Å²) in [5.74, 6) is 0.922. The third kappa shape index (κ3) is 3.53. The number of aromatic nitrogens is 5. The Bertz CT molecular complexity index is 1190. The van der Waals surface area contributed by atoms with E-state index in [0.29, 0.717) is 6.10 Å². The van der Waals surface area contributed by atoms with E-state index in [9.17, 15) is 0 Å². The second-order valence-corrected chi connectivity index (χ2v) is 8.66. The number of hydrogen-bond donors (Lipinski definition) is 0. The van der Waals surface area contributed by atoms with E-state index in [0.717, 1.165) is 65.5 Å². The van der Waals surface area contributed by atoms with Crippen molar-refractivity contribution in [1.29, 1.82) is 0 Å². The number of piperidine rings is 1. The number of benzene rings is 1. The molecule has 0 amide bonds. The van der Waals surface area contributed by atoms with Crippen molar-refractivity contribution < 1.29 is 4.74 Å². The van der Waals surface area contributed by atoms with Gasteiger partial charge in [0, 0.05) is 36.3 Å². The Morgan fingerprint density at radius 1 is 0.935 bits per heavy atom. The number of rotatable bonds is 4. The molecule has 1 aliphatic carbocycles. The van der Waals surface area contributed by atoms with Crippen LogP contribution in [-0.2, 0) is 0 Å². The maximum atomic E-state index is 6.31. The lowest BCUT2D eigenvalue weighted by Gasteiger charge is -2.36. The average Bonchev–Trinajstić information content (AvgIpc) is 3.52. The summed E-state index contributed by atoms with van der Waals surface area (Å²) in [4.78, 5) is 7.24. The van der Waals surface area contributed by atoms with Gasteiger partial charge in [-0.2, -0.15) is 9.61 Å². The first-order valence-electron chi connectivity index (χ1n) is 11.3. The van der Waals surface area contributed by atoms with Crippen LogP contribution in [0.5, 0.6) is 5.75 Å². The number of fused-ring (bicyclic) bond motifs is 3. The number of hydrogen-bond acceptors (Lipinski definition) is 6. The molecule has 0 radical (unpaired) electrons. The van der Waals surface area contributed by atoms with Gasteiger partial charge < -0.3 is 9.64 Å². The number of likely N-dealkylation sites (tertiary alicyclic amines) is 1. The molecule has 31 heavy (non-hydrogen) atoms. The summed E-state index contributed by atoms with van der Waals surface area (Å²) in [6.45, 7) is 2.32. The summed E-state index contributed by atoms with van der Waals surface area (Å²) in [5, 5.41) is 13.8. The van der Waals surface area contributed by atoms with Crippen molar-refractivity contribution in [2.45, 2.75) is 50.7 Å². The lowest BCUT2D eigenvalue weighted by Crippen LogP contribution is -2.43. The molecule has 6 rings (SSSR count).